The molecule has 0 spiro atoms. The molecule has 0 aromatic heterocycles. The minimum atomic E-state index is -0.132. The van der Waals surface area contributed by atoms with Gasteiger partial charge in [0.2, 0.25) is 5.91 Å². The molecule has 112 valence electrons. The van der Waals surface area contributed by atoms with Crippen molar-refractivity contribution < 1.29 is 4.79 Å². The summed E-state index contributed by atoms with van der Waals surface area (Å²) in [6.45, 7) is 6.63. The van der Waals surface area contributed by atoms with Crippen LogP contribution in [0.5, 0.6) is 0 Å². The third kappa shape index (κ3) is 3.53. The fourth-order valence-electron chi connectivity index (χ4n) is 2.52. The van der Waals surface area contributed by atoms with Crippen molar-refractivity contribution in [1.29, 1.82) is 0 Å². The summed E-state index contributed by atoms with van der Waals surface area (Å²) < 4.78 is 0. The van der Waals surface area contributed by atoms with Crippen LogP contribution in [0, 0.1) is 12.8 Å². The Morgan fingerprint density at radius 3 is 2.45 bits per heavy atom. The molecule has 1 aromatic carbocycles. The van der Waals surface area contributed by atoms with Crippen LogP contribution in [0.1, 0.15) is 37.8 Å². The Morgan fingerprint density at radius 1 is 1.35 bits per heavy atom. The van der Waals surface area contributed by atoms with Gasteiger partial charge in [0.15, 0.2) is 0 Å². The number of rotatable bonds is 5. The van der Waals surface area contributed by atoms with Gasteiger partial charge in [0.05, 0.1) is 0 Å². The monoisotopic (exact) mass is 296 g/mol. The van der Waals surface area contributed by atoms with Crippen LogP contribution in [0.25, 0.3) is 0 Å². The van der Waals surface area contributed by atoms with E-state index in [1.165, 1.54) is 11.1 Å². The number of benzene rings is 1. The molecule has 0 radical (unpaired) electrons. The van der Waals surface area contributed by atoms with Crippen molar-refractivity contribution >= 4 is 18.3 Å². The van der Waals surface area contributed by atoms with Crippen molar-refractivity contribution in [1.82, 2.24) is 5.32 Å². The van der Waals surface area contributed by atoms with Gasteiger partial charge < -0.3 is 11.1 Å². The van der Waals surface area contributed by atoms with E-state index >= 15 is 0 Å². The second kappa shape index (κ2) is 6.59. The number of aryl methyl sites for hydroxylation is 1. The van der Waals surface area contributed by atoms with E-state index in [-0.39, 0.29) is 35.7 Å². The molecule has 0 aliphatic heterocycles. The van der Waals surface area contributed by atoms with Crippen LogP contribution in [0.3, 0.4) is 0 Å². The first-order valence-electron chi connectivity index (χ1n) is 7.06. The van der Waals surface area contributed by atoms with Gasteiger partial charge in [0, 0.05) is 23.9 Å². The molecule has 4 heteroatoms. The maximum Gasteiger partial charge on any atom is 0.224 e. The number of hydrogen-bond donors (Lipinski definition) is 2. The molecule has 2 unspecified atom stereocenters. The second-order valence-corrected chi connectivity index (χ2v) is 5.96. The van der Waals surface area contributed by atoms with E-state index in [0.717, 1.165) is 19.4 Å². The average molecular weight is 297 g/mol. The fraction of sp³-hybridized carbons (Fsp3) is 0.562. The molecule has 0 heterocycles. The van der Waals surface area contributed by atoms with Crippen LogP contribution < -0.4 is 11.1 Å². The molecule has 2 atom stereocenters. The number of carbonyl (C=O) groups is 1. The van der Waals surface area contributed by atoms with Gasteiger partial charge in [-0.05, 0) is 37.8 Å². The van der Waals surface area contributed by atoms with E-state index in [0.29, 0.717) is 0 Å². The number of hydrogen-bond acceptors (Lipinski definition) is 2. The SMILES string of the molecule is Cc1ccccc1C1(CNC(=O)C(C)C(C)N)CC1.Cl. The molecule has 3 nitrogen and oxygen atoms in total. The Hall–Kier alpha value is -1.06. The number of amides is 1. The van der Waals surface area contributed by atoms with Crippen molar-refractivity contribution in [3.05, 3.63) is 35.4 Å². The maximum atomic E-state index is 12.0. The lowest BCUT2D eigenvalue weighted by Gasteiger charge is -2.21. The van der Waals surface area contributed by atoms with Crippen LogP contribution in [0.15, 0.2) is 24.3 Å². The van der Waals surface area contributed by atoms with Crippen molar-refractivity contribution in [3.8, 4) is 0 Å². The van der Waals surface area contributed by atoms with Gasteiger partial charge in [-0.15, -0.1) is 12.4 Å². The molecule has 1 saturated carbocycles. The Kier molecular flexibility index (Phi) is 5.60. The lowest BCUT2D eigenvalue weighted by atomic mass is 9.91. The Bertz CT molecular complexity index is 469. The zero-order valence-corrected chi connectivity index (χ0v) is 13.3. The molecule has 0 bridgehead atoms. The van der Waals surface area contributed by atoms with E-state index in [9.17, 15) is 4.79 Å². The van der Waals surface area contributed by atoms with E-state index < -0.39 is 0 Å². The number of nitrogens with two attached hydrogens (primary N) is 1. The average Bonchev–Trinajstić information content (AvgIpc) is 3.16. The second-order valence-electron chi connectivity index (χ2n) is 5.96. The molecule has 1 aromatic rings. The number of halogens is 1. The normalized spacial score (nSPS) is 18.6. The molecular weight excluding hydrogens is 272 g/mol. The van der Waals surface area contributed by atoms with Crippen LogP contribution >= 0.6 is 12.4 Å². The van der Waals surface area contributed by atoms with Crippen molar-refractivity contribution in [2.45, 2.75) is 45.1 Å². The highest BCUT2D eigenvalue weighted by Gasteiger charge is 2.45. The lowest BCUT2D eigenvalue weighted by molar-refractivity contribution is -0.125. The minimum absolute atomic E-state index is 0. The van der Waals surface area contributed by atoms with E-state index in [1.807, 2.05) is 13.8 Å². The molecule has 20 heavy (non-hydrogen) atoms. The highest BCUT2D eigenvalue weighted by molar-refractivity contribution is 5.85. The first kappa shape index (κ1) is 17.0. The Labute approximate surface area is 127 Å². The van der Waals surface area contributed by atoms with Gasteiger partial charge in [0.25, 0.3) is 0 Å². The molecule has 3 N–H and O–H groups in total. The van der Waals surface area contributed by atoms with Crippen molar-refractivity contribution in [2.75, 3.05) is 6.54 Å². The van der Waals surface area contributed by atoms with Gasteiger partial charge in [-0.1, -0.05) is 31.2 Å². The smallest absolute Gasteiger partial charge is 0.224 e. The quantitative estimate of drug-likeness (QED) is 0.877. The van der Waals surface area contributed by atoms with Crippen LogP contribution in [0.4, 0.5) is 0 Å². The predicted octanol–water partition coefficient (Wildman–Crippen LogP) is 2.55. The summed E-state index contributed by atoms with van der Waals surface area (Å²) in [6.07, 6.45) is 2.31. The Balaban J connectivity index is 0.00000200. The Morgan fingerprint density at radius 2 is 1.95 bits per heavy atom. The summed E-state index contributed by atoms with van der Waals surface area (Å²) >= 11 is 0. The van der Waals surface area contributed by atoms with Gasteiger partial charge in [0.1, 0.15) is 0 Å². The number of carbonyl (C=O) groups excluding carboxylic acids is 1. The number of nitrogens with one attached hydrogen (secondary N) is 1. The zero-order valence-electron chi connectivity index (χ0n) is 12.5. The summed E-state index contributed by atoms with van der Waals surface area (Å²) in [4.78, 5) is 12.0. The summed E-state index contributed by atoms with van der Waals surface area (Å²) in [5.74, 6) is -0.0671. The molecule has 2 rings (SSSR count). The molecular formula is C16H25ClN2O. The standard InChI is InChI=1S/C16H24N2O.ClH/c1-11-6-4-5-7-14(11)16(8-9-16)10-18-15(19)12(2)13(3)17;/h4-7,12-13H,8-10,17H2,1-3H3,(H,18,19);1H. The maximum absolute atomic E-state index is 12.0. The summed E-state index contributed by atoms with van der Waals surface area (Å²) in [7, 11) is 0. The van der Waals surface area contributed by atoms with E-state index in [2.05, 4.69) is 36.5 Å². The lowest BCUT2D eigenvalue weighted by Crippen LogP contribution is -2.41. The third-order valence-corrected chi connectivity index (χ3v) is 4.37. The minimum Gasteiger partial charge on any atom is -0.355 e. The molecule has 0 saturated heterocycles. The van der Waals surface area contributed by atoms with E-state index in [4.69, 9.17) is 5.73 Å². The molecule has 1 amide bonds. The van der Waals surface area contributed by atoms with Crippen molar-refractivity contribution in [2.24, 2.45) is 11.7 Å². The highest BCUT2D eigenvalue weighted by Crippen LogP contribution is 2.48. The highest BCUT2D eigenvalue weighted by atomic mass is 35.5. The largest absolute Gasteiger partial charge is 0.355 e. The summed E-state index contributed by atoms with van der Waals surface area (Å²) in [6, 6.07) is 8.36. The first-order chi connectivity index (χ1) is 8.96. The van der Waals surface area contributed by atoms with Crippen molar-refractivity contribution in [3.63, 3.8) is 0 Å². The van der Waals surface area contributed by atoms with Gasteiger partial charge in [-0.3, -0.25) is 4.79 Å². The van der Waals surface area contributed by atoms with Crippen LogP contribution in [-0.2, 0) is 10.2 Å². The zero-order chi connectivity index (χ0) is 14.0. The van der Waals surface area contributed by atoms with Gasteiger partial charge >= 0.3 is 0 Å². The van der Waals surface area contributed by atoms with Crippen LogP contribution in [-0.4, -0.2) is 18.5 Å². The van der Waals surface area contributed by atoms with Gasteiger partial charge in [-0.2, -0.15) is 0 Å². The summed E-state index contributed by atoms with van der Waals surface area (Å²) in [5.41, 5.74) is 8.62. The fourth-order valence-corrected chi connectivity index (χ4v) is 2.52. The van der Waals surface area contributed by atoms with Crippen LogP contribution in [0.2, 0.25) is 0 Å². The molecule has 1 aliphatic carbocycles. The topological polar surface area (TPSA) is 55.1 Å². The third-order valence-electron chi connectivity index (χ3n) is 4.37. The molecule has 1 aliphatic rings. The first-order valence-corrected chi connectivity index (χ1v) is 7.06. The van der Waals surface area contributed by atoms with E-state index in [1.54, 1.807) is 0 Å². The predicted molar refractivity (Wildman–Crippen MR) is 85.2 cm³/mol. The summed E-state index contributed by atoms with van der Waals surface area (Å²) in [5, 5.41) is 3.07. The van der Waals surface area contributed by atoms with Gasteiger partial charge in [-0.25, -0.2) is 0 Å². The molecule has 1 fully saturated rings.